The van der Waals surface area contributed by atoms with Gasteiger partial charge in [-0.05, 0) is 69.3 Å². The molecule has 2 unspecified atom stereocenters. The molecule has 1 aromatic rings. The fourth-order valence-corrected chi connectivity index (χ4v) is 3.79. The summed E-state index contributed by atoms with van der Waals surface area (Å²) < 4.78 is 5.51. The standard InChI is InChI=1S/C18H28N2O/c1-2-21-17-9-7-15(8-10-17)13-20-12-4-5-16(14-20)18-6-3-11-19-18/h7-10,16,18-19H,2-6,11-14H2,1H3. The highest BCUT2D eigenvalue weighted by Crippen LogP contribution is 2.26. The molecule has 2 fully saturated rings. The first-order chi connectivity index (χ1) is 10.3. The van der Waals surface area contributed by atoms with Gasteiger partial charge >= 0.3 is 0 Å². The van der Waals surface area contributed by atoms with Crippen molar-refractivity contribution in [1.82, 2.24) is 10.2 Å². The number of hydrogen-bond acceptors (Lipinski definition) is 3. The minimum absolute atomic E-state index is 0.738. The van der Waals surface area contributed by atoms with Crippen molar-refractivity contribution < 1.29 is 4.74 Å². The van der Waals surface area contributed by atoms with Gasteiger partial charge in [0.2, 0.25) is 0 Å². The van der Waals surface area contributed by atoms with Crippen LogP contribution in [0.25, 0.3) is 0 Å². The SMILES string of the molecule is CCOc1ccc(CN2CCCC(C3CCCN3)C2)cc1. The Bertz CT molecular complexity index is 425. The van der Waals surface area contributed by atoms with Crippen molar-refractivity contribution in [3.05, 3.63) is 29.8 Å². The summed E-state index contributed by atoms with van der Waals surface area (Å²) in [5, 5.41) is 3.69. The maximum Gasteiger partial charge on any atom is 0.119 e. The fourth-order valence-electron chi connectivity index (χ4n) is 3.79. The highest BCUT2D eigenvalue weighted by Gasteiger charge is 2.28. The van der Waals surface area contributed by atoms with Crippen molar-refractivity contribution in [3.8, 4) is 5.75 Å². The van der Waals surface area contributed by atoms with Crippen molar-refractivity contribution in [2.75, 3.05) is 26.2 Å². The van der Waals surface area contributed by atoms with Crippen molar-refractivity contribution >= 4 is 0 Å². The minimum Gasteiger partial charge on any atom is -0.494 e. The molecular formula is C18H28N2O. The lowest BCUT2D eigenvalue weighted by Gasteiger charge is -2.35. The molecule has 2 heterocycles. The van der Waals surface area contributed by atoms with E-state index in [9.17, 15) is 0 Å². The predicted octanol–water partition coefficient (Wildman–Crippen LogP) is 3.05. The lowest BCUT2D eigenvalue weighted by molar-refractivity contribution is 0.145. The van der Waals surface area contributed by atoms with Crippen molar-refractivity contribution in [2.45, 2.75) is 45.2 Å². The summed E-state index contributed by atoms with van der Waals surface area (Å²) in [4.78, 5) is 2.63. The molecule has 0 aliphatic carbocycles. The molecule has 1 aromatic carbocycles. The van der Waals surface area contributed by atoms with E-state index in [4.69, 9.17) is 4.74 Å². The molecule has 0 saturated carbocycles. The van der Waals surface area contributed by atoms with Gasteiger partial charge in [-0.25, -0.2) is 0 Å². The molecule has 1 N–H and O–H groups in total. The third-order valence-electron chi connectivity index (χ3n) is 4.85. The van der Waals surface area contributed by atoms with Gasteiger partial charge in [-0.3, -0.25) is 4.90 Å². The van der Waals surface area contributed by atoms with Gasteiger partial charge in [0.1, 0.15) is 5.75 Å². The zero-order valence-corrected chi connectivity index (χ0v) is 13.2. The van der Waals surface area contributed by atoms with E-state index in [0.29, 0.717) is 0 Å². The summed E-state index contributed by atoms with van der Waals surface area (Å²) >= 11 is 0. The molecule has 116 valence electrons. The minimum atomic E-state index is 0.738. The molecule has 0 spiro atoms. The summed E-state index contributed by atoms with van der Waals surface area (Å²) in [6.45, 7) is 7.57. The van der Waals surface area contributed by atoms with Gasteiger partial charge in [0, 0.05) is 19.1 Å². The average Bonchev–Trinajstić information content (AvgIpc) is 3.04. The van der Waals surface area contributed by atoms with Crippen LogP contribution in [-0.4, -0.2) is 37.2 Å². The Kier molecular flexibility index (Phi) is 5.15. The normalized spacial score (nSPS) is 26.9. The highest BCUT2D eigenvalue weighted by molar-refractivity contribution is 5.27. The van der Waals surface area contributed by atoms with Crippen LogP contribution in [0.4, 0.5) is 0 Å². The molecule has 0 aromatic heterocycles. The van der Waals surface area contributed by atoms with Gasteiger partial charge in [0.25, 0.3) is 0 Å². The molecule has 2 aliphatic rings. The Morgan fingerprint density at radius 3 is 2.76 bits per heavy atom. The number of hydrogen-bond donors (Lipinski definition) is 1. The van der Waals surface area contributed by atoms with Crippen LogP contribution in [0.2, 0.25) is 0 Å². The zero-order chi connectivity index (χ0) is 14.5. The molecule has 2 aliphatic heterocycles. The highest BCUT2D eigenvalue weighted by atomic mass is 16.5. The molecule has 3 rings (SSSR count). The lowest BCUT2D eigenvalue weighted by Crippen LogP contribution is -2.43. The van der Waals surface area contributed by atoms with Crippen molar-refractivity contribution in [3.63, 3.8) is 0 Å². The molecule has 2 atom stereocenters. The smallest absolute Gasteiger partial charge is 0.119 e. The first-order valence-corrected chi connectivity index (χ1v) is 8.52. The Morgan fingerprint density at radius 1 is 1.19 bits per heavy atom. The average molecular weight is 288 g/mol. The quantitative estimate of drug-likeness (QED) is 0.901. The van der Waals surface area contributed by atoms with E-state index in [1.54, 1.807) is 0 Å². The maximum absolute atomic E-state index is 5.51. The first-order valence-electron chi connectivity index (χ1n) is 8.52. The summed E-state index contributed by atoms with van der Waals surface area (Å²) in [6, 6.07) is 9.38. The third kappa shape index (κ3) is 3.98. The van der Waals surface area contributed by atoms with E-state index in [0.717, 1.165) is 30.9 Å². The number of nitrogens with zero attached hydrogens (tertiary/aromatic N) is 1. The Labute approximate surface area is 128 Å². The third-order valence-corrected chi connectivity index (χ3v) is 4.85. The predicted molar refractivity (Wildman–Crippen MR) is 86.6 cm³/mol. The number of ether oxygens (including phenoxy) is 1. The van der Waals surface area contributed by atoms with Crippen LogP contribution in [0, 0.1) is 5.92 Å². The van der Waals surface area contributed by atoms with Crippen LogP contribution in [-0.2, 0) is 6.54 Å². The van der Waals surface area contributed by atoms with Gasteiger partial charge in [-0.1, -0.05) is 12.1 Å². The van der Waals surface area contributed by atoms with E-state index in [1.165, 1.54) is 50.9 Å². The fraction of sp³-hybridized carbons (Fsp3) is 0.667. The summed E-state index contributed by atoms with van der Waals surface area (Å²) in [7, 11) is 0. The van der Waals surface area contributed by atoms with E-state index in [-0.39, 0.29) is 0 Å². The van der Waals surface area contributed by atoms with Crippen LogP contribution in [0.3, 0.4) is 0 Å². The molecule has 3 heteroatoms. The largest absolute Gasteiger partial charge is 0.494 e. The lowest BCUT2D eigenvalue weighted by atomic mass is 9.89. The van der Waals surface area contributed by atoms with E-state index >= 15 is 0 Å². The monoisotopic (exact) mass is 288 g/mol. The zero-order valence-electron chi connectivity index (χ0n) is 13.2. The number of nitrogens with one attached hydrogen (secondary N) is 1. The van der Waals surface area contributed by atoms with E-state index in [1.807, 2.05) is 6.92 Å². The Hall–Kier alpha value is -1.06. The number of rotatable bonds is 5. The van der Waals surface area contributed by atoms with Gasteiger partial charge in [-0.15, -0.1) is 0 Å². The molecule has 0 radical (unpaired) electrons. The van der Waals surface area contributed by atoms with Gasteiger partial charge in [0.15, 0.2) is 0 Å². The maximum atomic E-state index is 5.51. The second kappa shape index (κ2) is 7.28. The Balaban J connectivity index is 1.54. The Morgan fingerprint density at radius 2 is 2.05 bits per heavy atom. The summed E-state index contributed by atoms with van der Waals surface area (Å²) in [5.74, 6) is 1.83. The van der Waals surface area contributed by atoms with Gasteiger partial charge < -0.3 is 10.1 Å². The van der Waals surface area contributed by atoms with E-state index in [2.05, 4.69) is 34.5 Å². The van der Waals surface area contributed by atoms with Crippen LogP contribution in [0.1, 0.15) is 38.2 Å². The van der Waals surface area contributed by atoms with Crippen LogP contribution in [0.5, 0.6) is 5.75 Å². The second-order valence-corrected chi connectivity index (χ2v) is 6.42. The van der Waals surface area contributed by atoms with Gasteiger partial charge in [0.05, 0.1) is 6.61 Å². The molecule has 0 bridgehead atoms. The first kappa shape index (κ1) is 14.9. The van der Waals surface area contributed by atoms with E-state index < -0.39 is 0 Å². The summed E-state index contributed by atoms with van der Waals surface area (Å²) in [5.41, 5.74) is 1.40. The van der Waals surface area contributed by atoms with Crippen molar-refractivity contribution in [2.24, 2.45) is 5.92 Å². The number of likely N-dealkylation sites (tertiary alicyclic amines) is 1. The van der Waals surface area contributed by atoms with Crippen LogP contribution in [0.15, 0.2) is 24.3 Å². The topological polar surface area (TPSA) is 24.5 Å². The molecule has 2 saturated heterocycles. The molecule has 0 amide bonds. The molecule has 3 nitrogen and oxygen atoms in total. The van der Waals surface area contributed by atoms with Crippen LogP contribution >= 0.6 is 0 Å². The molecule has 21 heavy (non-hydrogen) atoms. The number of piperidine rings is 1. The van der Waals surface area contributed by atoms with Crippen LogP contribution < -0.4 is 10.1 Å². The molecular weight excluding hydrogens is 260 g/mol. The van der Waals surface area contributed by atoms with Crippen molar-refractivity contribution in [1.29, 1.82) is 0 Å². The number of benzene rings is 1. The van der Waals surface area contributed by atoms with Gasteiger partial charge in [-0.2, -0.15) is 0 Å². The summed E-state index contributed by atoms with van der Waals surface area (Å²) in [6.07, 6.45) is 5.49. The second-order valence-electron chi connectivity index (χ2n) is 6.42.